The van der Waals surface area contributed by atoms with Gasteiger partial charge in [-0.1, -0.05) is 18.2 Å². The molecule has 0 amide bonds. The van der Waals surface area contributed by atoms with Crippen molar-refractivity contribution >= 4 is 0 Å². The SMILES string of the molecule is COc1ccccc1C1(O)CCN(C)C1. The lowest BCUT2D eigenvalue weighted by Gasteiger charge is -2.24. The van der Waals surface area contributed by atoms with E-state index in [0.29, 0.717) is 6.54 Å². The molecule has 1 saturated heterocycles. The molecule has 15 heavy (non-hydrogen) atoms. The van der Waals surface area contributed by atoms with Crippen LogP contribution in [0.1, 0.15) is 12.0 Å². The lowest BCUT2D eigenvalue weighted by Crippen LogP contribution is -2.29. The number of aliphatic hydroxyl groups is 1. The average molecular weight is 207 g/mol. The summed E-state index contributed by atoms with van der Waals surface area (Å²) in [4.78, 5) is 2.13. The molecule has 1 aliphatic heterocycles. The van der Waals surface area contributed by atoms with E-state index in [2.05, 4.69) is 4.90 Å². The van der Waals surface area contributed by atoms with E-state index in [1.807, 2.05) is 31.3 Å². The molecule has 0 aliphatic carbocycles. The highest BCUT2D eigenvalue weighted by Crippen LogP contribution is 2.36. The predicted octanol–water partition coefficient (Wildman–Crippen LogP) is 1.22. The summed E-state index contributed by atoms with van der Waals surface area (Å²) in [5, 5.41) is 10.5. The Morgan fingerprint density at radius 1 is 1.40 bits per heavy atom. The Balaban J connectivity index is 2.36. The van der Waals surface area contributed by atoms with Crippen molar-refractivity contribution < 1.29 is 9.84 Å². The first-order valence-corrected chi connectivity index (χ1v) is 5.20. The Morgan fingerprint density at radius 3 is 2.73 bits per heavy atom. The number of likely N-dealkylation sites (N-methyl/N-ethyl adjacent to an activating group) is 1. The molecule has 82 valence electrons. The summed E-state index contributed by atoms with van der Waals surface area (Å²) in [6.07, 6.45) is 0.768. The molecule has 2 rings (SSSR count). The van der Waals surface area contributed by atoms with Crippen molar-refractivity contribution in [1.29, 1.82) is 0 Å². The van der Waals surface area contributed by atoms with E-state index in [4.69, 9.17) is 4.74 Å². The zero-order valence-electron chi connectivity index (χ0n) is 9.23. The molecule has 0 saturated carbocycles. The van der Waals surface area contributed by atoms with Crippen LogP contribution >= 0.6 is 0 Å². The highest BCUT2D eigenvalue weighted by Gasteiger charge is 2.37. The molecule has 0 aromatic heterocycles. The predicted molar refractivity (Wildman–Crippen MR) is 59.0 cm³/mol. The summed E-state index contributed by atoms with van der Waals surface area (Å²) in [6.45, 7) is 1.60. The normalized spacial score (nSPS) is 26.9. The molecule has 0 spiro atoms. The van der Waals surface area contributed by atoms with Crippen molar-refractivity contribution in [2.45, 2.75) is 12.0 Å². The molecule has 1 fully saturated rings. The fraction of sp³-hybridized carbons (Fsp3) is 0.500. The van der Waals surface area contributed by atoms with Crippen molar-refractivity contribution in [2.24, 2.45) is 0 Å². The minimum absolute atomic E-state index is 0.674. The lowest BCUT2D eigenvalue weighted by molar-refractivity contribution is 0.0464. The van der Waals surface area contributed by atoms with E-state index < -0.39 is 5.60 Å². The molecule has 1 heterocycles. The quantitative estimate of drug-likeness (QED) is 0.791. The van der Waals surface area contributed by atoms with Gasteiger partial charge in [0.25, 0.3) is 0 Å². The van der Waals surface area contributed by atoms with Gasteiger partial charge in [-0.15, -0.1) is 0 Å². The van der Waals surface area contributed by atoms with E-state index in [-0.39, 0.29) is 0 Å². The van der Waals surface area contributed by atoms with Crippen LogP contribution in [0.4, 0.5) is 0 Å². The monoisotopic (exact) mass is 207 g/mol. The number of nitrogens with zero attached hydrogens (tertiary/aromatic N) is 1. The molecule has 3 heteroatoms. The Hall–Kier alpha value is -1.06. The van der Waals surface area contributed by atoms with Crippen molar-refractivity contribution in [3.05, 3.63) is 29.8 Å². The van der Waals surface area contributed by atoms with Crippen LogP contribution in [-0.4, -0.2) is 37.3 Å². The first kappa shape index (κ1) is 10.5. The Kier molecular flexibility index (Phi) is 2.67. The molecular formula is C12H17NO2. The molecule has 1 aromatic carbocycles. The third-order valence-corrected chi connectivity index (χ3v) is 3.05. The van der Waals surface area contributed by atoms with Crippen LogP contribution in [0.2, 0.25) is 0 Å². The van der Waals surface area contributed by atoms with Crippen molar-refractivity contribution in [3.8, 4) is 5.75 Å². The second-order valence-electron chi connectivity index (χ2n) is 4.22. The zero-order chi connectivity index (χ0) is 10.9. The third-order valence-electron chi connectivity index (χ3n) is 3.05. The highest BCUT2D eigenvalue weighted by molar-refractivity contribution is 5.38. The second-order valence-corrected chi connectivity index (χ2v) is 4.22. The van der Waals surface area contributed by atoms with Crippen LogP contribution in [0.15, 0.2) is 24.3 Å². The first-order chi connectivity index (χ1) is 7.15. The van der Waals surface area contributed by atoms with Gasteiger partial charge in [0.2, 0.25) is 0 Å². The Labute approximate surface area is 90.3 Å². The molecule has 0 bridgehead atoms. The van der Waals surface area contributed by atoms with E-state index in [1.54, 1.807) is 7.11 Å². The summed E-state index contributed by atoms with van der Waals surface area (Å²) >= 11 is 0. The van der Waals surface area contributed by atoms with Crippen molar-refractivity contribution in [1.82, 2.24) is 4.90 Å². The maximum Gasteiger partial charge on any atom is 0.124 e. The first-order valence-electron chi connectivity index (χ1n) is 5.20. The molecular weight excluding hydrogens is 190 g/mol. The van der Waals surface area contributed by atoms with E-state index in [1.165, 1.54) is 0 Å². The van der Waals surface area contributed by atoms with Gasteiger partial charge in [0.05, 0.1) is 7.11 Å². The number of benzene rings is 1. The van der Waals surface area contributed by atoms with Gasteiger partial charge in [-0.25, -0.2) is 0 Å². The lowest BCUT2D eigenvalue weighted by atomic mass is 9.92. The van der Waals surface area contributed by atoms with Gasteiger partial charge in [0.1, 0.15) is 11.4 Å². The largest absolute Gasteiger partial charge is 0.496 e. The number of hydrogen-bond donors (Lipinski definition) is 1. The van der Waals surface area contributed by atoms with Crippen LogP contribution in [0.3, 0.4) is 0 Å². The summed E-state index contributed by atoms with van der Waals surface area (Å²) in [7, 11) is 3.66. The Bertz CT molecular complexity index is 353. The number of methoxy groups -OCH3 is 1. The van der Waals surface area contributed by atoms with Crippen LogP contribution < -0.4 is 4.74 Å². The van der Waals surface area contributed by atoms with Gasteiger partial charge in [0.15, 0.2) is 0 Å². The number of likely N-dealkylation sites (tertiary alicyclic amines) is 1. The minimum Gasteiger partial charge on any atom is -0.496 e. The minimum atomic E-state index is -0.749. The van der Waals surface area contributed by atoms with Crippen LogP contribution in [-0.2, 0) is 5.60 Å². The second kappa shape index (κ2) is 3.83. The fourth-order valence-corrected chi connectivity index (χ4v) is 2.23. The van der Waals surface area contributed by atoms with Gasteiger partial charge < -0.3 is 14.7 Å². The summed E-state index contributed by atoms with van der Waals surface area (Å²) < 4.78 is 5.28. The number of para-hydroxylation sites is 1. The number of ether oxygens (including phenoxy) is 1. The molecule has 1 aromatic rings. The smallest absolute Gasteiger partial charge is 0.124 e. The third kappa shape index (κ3) is 1.85. The standard InChI is InChI=1S/C12H17NO2/c1-13-8-7-12(14,9-13)10-5-3-4-6-11(10)15-2/h3-6,14H,7-9H2,1-2H3. The summed E-state index contributed by atoms with van der Waals surface area (Å²) in [5.41, 5.74) is 0.151. The Morgan fingerprint density at radius 2 is 2.13 bits per heavy atom. The van der Waals surface area contributed by atoms with Crippen LogP contribution in [0.25, 0.3) is 0 Å². The summed E-state index contributed by atoms with van der Waals surface area (Å²) in [5.74, 6) is 0.773. The van der Waals surface area contributed by atoms with Crippen LogP contribution in [0.5, 0.6) is 5.75 Å². The summed E-state index contributed by atoms with van der Waals surface area (Å²) in [6, 6.07) is 7.70. The van der Waals surface area contributed by atoms with E-state index in [9.17, 15) is 5.11 Å². The molecule has 1 atom stereocenters. The van der Waals surface area contributed by atoms with Gasteiger partial charge >= 0.3 is 0 Å². The van der Waals surface area contributed by atoms with Crippen molar-refractivity contribution in [2.75, 3.05) is 27.2 Å². The zero-order valence-corrected chi connectivity index (χ0v) is 9.23. The topological polar surface area (TPSA) is 32.7 Å². The number of rotatable bonds is 2. The number of hydrogen-bond acceptors (Lipinski definition) is 3. The van der Waals surface area contributed by atoms with Gasteiger partial charge in [0, 0.05) is 18.7 Å². The van der Waals surface area contributed by atoms with E-state index in [0.717, 1.165) is 24.3 Å². The molecule has 1 N–H and O–H groups in total. The van der Waals surface area contributed by atoms with E-state index >= 15 is 0 Å². The van der Waals surface area contributed by atoms with Gasteiger partial charge in [-0.3, -0.25) is 0 Å². The molecule has 0 radical (unpaired) electrons. The van der Waals surface area contributed by atoms with Crippen LogP contribution in [0, 0.1) is 0 Å². The van der Waals surface area contributed by atoms with Gasteiger partial charge in [-0.2, -0.15) is 0 Å². The molecule has 1 unspecified atom stereocenters. The molecule has 1 aliphatic rings. The maximum absolute atomic E-state index is 10.5. The maximum atomic E-state index is 10.5. The number of β-amino-alcohol motifs (C(OH)–C–C–N with tert-alkyl or cyclic N) is 1. The van der Waals surface area contributed by atoms with Gasteiger partial charge in [-0.05, 0) is 19.5 Å². The highest BCUT2D eigenvalue weighted by atomic mass is 16.5. The average Bonchev–Trinajstić information content (AvgIpc) is 2.60. The molecule has 3 nitrogen and oxygen atoms in total. The fourth-order valence-electron chi connectivity index (χ4n) is 2.23. The van der Waals surface area contributed by atoms with Crippen molar-refractivity contribution in [3.63, 3.8) is 0 Å².